The molecule has 1 saturated heterocycles. The normalized spacial score (nSPS) is 26.9. The Morgan fingerprint density at radius 3 is 2.47 bits per heavy atom. The molecule has 3 fully saturated rings. The summed E-state index contributed by atoms with van der Waals surface area (Å²) in [7, 11) is -3.61. The monoisotopic (exact) mass is 494 g/mol. The zero-order valence-corrected chi connectivity index (χ0v) is 19.2. The van der Waals surface area contributed by atoms with Crippen LogP contribution in [-0.4, -0.2) is 54.8 Å². The van der Waals surface area contributed by atoms with Crippen molar-refractivity contribution in [3.8, 4) is 11.1 Å². The predicted molar refractivity (Wildman–Crippen MR) is 118 cm³/mol. The summed E-state index contributed by atoms with van der Waals surface area (Å²) in [4.78, 5) is 14.7. The molecule has 2 aromatic rings. The smallest absolute Gasteiger partial charge is 0.252 e. The highest BCUT2D eigenvalue weighted by Crippen LogP contribution is 2.50. The number of piperidine rings is 1. The minimum absolute atomic E-state index is 0.00238. The van der Waals surface area contributed by atoms with Crippen LogP contribution < -0.4 is 4.72 Å². The molecule has 182 valence electrons. The van der Waals surface area contributed by atoms with E-state index in [0.717, 1.165) is 31.2 Å². The number of amides is 1. The van der Waals surface area contributed by atoms with Crippen molar-refractivity contribution in [3.63, 3.8) is 0 Å². The maximum Gasteiger partial charge on any atom is 0.252 e. The molecular weight excluding hydrogens is 469 g/mol. The van der Waals surface area contributed by atoms with Crippen LogP contribution in [0, 0.1) is 29.3 Å². The molecule has 10 heteroatoms. The average molecular weight is 495 g/mol. The Bertz CT molecular complexity index is 1230. The van der Waals surface area contributed by atoms with Gasteiger partial charge >= 0.3 is 0 Å². The van der Waals surface area contributed by atoms with Gasteiger partial charge in [0, 0.05) is 23.7 Å². The van der Waals surface area contributed by atoms with Crippen molar-refractivity contribution >= 4 is 15.9 Å². The van der Waals surface area contributed by atoms with Gasteiger partial charge in [-0.3, -0.25) is 4.79 Å². The van der Waals surface area contributed by atoms with Gasteiger partial charge in [0.2, 0.25) is 10.0 Å². The topological polar surface area (TPSA) is 86.7 Å². The second kappa shape index (κ2) is 8.35. The van der Waals surface area contributed by atoms with E-state index in [1.165, 1.54) is 17.0 Å². The number of aliphatic hydroxyl groups is 1. The molecule has 5 rings (SSSR count). The number of hydrogen-bond acceptors (Lipinski definition) is 4. The van der Waals surface area contributed by atoms with Gasteiger partial charge in [-0.05, 0) is 60.8 Å². The number of benzene rings is 2. The Balaban J connectivity index is 1.49. The van der Waals surface area contributed by atoms with Gasteiger partial charge in [0.05, 0.1) is 12.3 Å². The first-order valence-electron chi connectivity index (χ1n) is 11.2. The molecule has 6 nitrogen and oxygen atoms in total. The van der Waals surface area contributed by atoms with Crippen molar-refractivity contribution < 1.29 is 31.5 Å². The highest BCUT2D eigenvalue weighted by atomic mass is 32.2. The molecule has 1 amide bonds. The van der Waals surface area contributed by atoms with Crippen molar-refractivity contribution in [2.24, 2.45) is 11.8 Å². The van der Waals surface area contributed by atoms with Gasteiger partial charge in [0.15, 0.2) is 0 Å². The first-order chi connectivity index (χ1) is 16.0. The summed E-state index contributed by atoms with van der Waals surface area (Å²) in [5, 5.41) is 10.5. The molecule has 1 unspecified atom stereocenters. The van der Waals surface area contributed by atoms with E-state index < -0.39 is 51.6 Å². The predicted octanol–water partition coefficient (Wildman–Crippen LogP) is 2.60. The molecule has 2 aliphatic carbocycles. The molecule has 1 aliphatic heterocycles. The van der Waals surface area contributed by atoms with Gasteiger partial charge in [0.1, 0.15) is 23.6 Å². The fourth-order valence-electron chi connectivity index (χ4n) is 5.24. The minimum Gasteiger partial charge on any atom is -0.383 e. The second-order valence-corrected chi connectivity index (χ2v) is 11.4. The van der Waals surface area contributed by atoms with E-state index >= 15 is 4.39 Å². The third-order valence-electron chi connectivity index (χ3n) is 7.00. The van der Waals surface area contributed by atoms with E-state index in [4.69, 9.17) is 0 Å². The maximum absolute atomic E-state index is 15.5. The molecule has 1 heterocycles. The fourth-order valence-corrected chi connectivity index (χ4v) is 6.06. The summed E-state index contributed by atoms with van der Waals surface area (Å²) in [5.74, 6) is -3.03. The van der Waals surface area contributed by atoms with E-state index in [2.05, 4.69) is 4.72 Å². The van der Waals surface area contributed by atoms with E-state index in [1.807, 2.05) is 0 Å². The summed E-state index contributed by atoms with van der Waals surface area (Å²) >= 11 is 0. The molecule has 0 aromatic heterocycles. The quantitative estimate of drug-likeness (QED) is 0.620. The number of sulfonamides is 1. The SMILES string of the molecule is CS(=O)(=O)N[C@H]1[C@@H]2C[C@@H]2N(C(=O)C(O)C2CC2)[C@H]1Cc1cccc(-c2cc(F)cc(F)c2)c1F. The molecule has 0 bridgehead atoms. The molecule has 3 aliphatic rings. The largest absolute Gasteiger partial charge is 0.383 e. The summed E-state index contributed by atoms with van der Waals surface area (Å²) in [6.07, 6.45) is 1.98. The Labute approximate surface area is 195 Å². The Morgan fingerprint density at radius 1 is 1.18 bits per heavy atom. The van der Waals surface area contributed by atoms with E-state index in [0.29, 0.717) is 12.5 Å². The zero-order valence-electron chi connectivity index (χ0n) is 18.4. The number of fused-ring (bicyclic) bond motifs is 1. The van der Waals surface area contributed by atoms with Gasteiger partial charge in [-0.2, -0.15) is 0 Å². The molecule has 0 radical (unpaired) electrons. The summed E-state index contributed by atoms with van der Waals surface area (Å²) in [5.41, 5.74) is 0.226. The Hall–Kier alpha value is -2.43. The van der Waals surface area contributed by atoms with Crippen molar-refractivity contribution in [1.29, 1.82) is 0 Å². The summed E-state index contributed by atoms with van der Waals surface area (Å²) in [6.45, 7) is 0. The van der Waals surface area contributed by atoms with Gasteiger partial charge in [-0.25, -0.2) is 26.3 Å². The lowest BCUT2D eigenvalue weighted by Crippen LogP contribution is -2.53. The highest BCUT2D eigenvalue weighted by Gasteiger charge is 2.61. The standard InChI is InChI=1S/C24H25F3N2O4S/c1-34(32,33)28-22-18-11-19(18)29(24(31)23(30)12-5-6-12)20(22)9-13-3-2-4-17(21(13)27)14-7-15(25)10-16(26)8-14/h2-4,7-8,10,12,18-20,22-23,28,30H,5-6,9,11H2,1H3/t18-,19+,20+,22+,23?/m1/s1. The molecule has 0 spiro atoms. The van der Waals surface area contributed by atoms with Crippen molar-refractivity contribution in [1.82, 2.24) is 9.62 Å². The molecular formula is C24H25F3N2O4S. The van der Waals surface area contributed by atoms with Crippen molar-refractivity contribution in [2.75, 3.05) is 6.26 Å². The molecule has 34 heavy (non-hydrogen) atoms. The Morgan fingerprint density at radius 2 is 1.85 bits per heavy atom. The van der Waals surface area contributed by atoms with Crippen LogP contribution in [0.1, 0.15) is 24.8 Å². The van der Waals surface area contributed by atoms with Crippen LogP contribution >= 0.6 is 0 Å². The van der Waals surface area contributed by atoms with E-state index in [1.54, 1.807) is 6.07 Å². The third-order valence-corrected chi connectivity index (χ3v) is 7.70. The second-order valence-electron chi connectivity index (χ2n) is 9.62. The van der Waals surface area contributed by atoms with Gasteiger partial charge in [0.25, 0.3) is 5.91 Å². The lowest BCUT2D eigenvalue weighted by atomic mass is 9.94. The van der Waals surface area contributed by atoms with Crippen molar-refractivity contribution in [2.45, 2.75) is 49.9 Å². The number of carbonyl (C=O) groups excluding carboxylic acids is 1. The zero-order chi connectivity index (χ0) is 24.4. The number of nitrogens with zero attached hydrogens (tertiary/aromatic N) is 1. The fraction of sp³-hybridized carbons (Fsp3) is 0.458. The molecule has 2 saturated carbocycles. The van der Waals surface area contributed by atoms with Crippen LogP contribution in [-0.2, 0) is 21.2 Å². The lowest BCUT2D eigenvalue weighted by molar-refractivity contribution is -0.143. The number of likely N-dealkylation sites (tertiary alicyclic amines) is 1. The maximum atomic E-state index is 15.5. The number of hydrogen-bond donors (Lipinski definition) is 2. The third kappa shape index (κ3) is 4.46. The van der Waals surface area contributed by atoms with Gasteiger partial charge in [-0.15, -0.1) is 0 Å². The first kappa shape index (κ1) is 23.3. The van der Waals surface area contributed by atoms with Crippen LogP contribution in [0.2, 0.25) is 0 Å². The molecule has 2 N–H and O–H groups in total. The number of nitrogens with one attached hydrogen (secondary N) is 1. The Kier molecular flexibility index (Phi) is 5.73. The minimum atomic E-state index is -3.61. The highest BCUT2D eigenvalue weighted by molar-refractivity contribution is 7.88. The van der Waals surface area contributed by atoms with E-state index in [-0.39, 0.29) is 41.0 Å². The molecule has 2 aromatic carbocycles. The van der Waals surface area contributed by atoms with Gasteiger partial charge < -0.3 is 10.0 Å². The van der Waals surface area contributed by atoms with E-state index in [9.17, 15) is 27.1 Å². The van der Waals surface area contributed by atoms with Crippen molar-refractivity contribution in [3.05, 3.63) is 59.4 Å². The summed E-state index contributed by atoms with van der Waals surface area (Å²) in [6, 6.07) is 5.70. The van der Waals surface area contributed by atoms with Crippen LogP contribution in [0.4, 0.5) is 13.2 Å². The first-order valence-corrected chi connectivity index (χ1v) is 13.1. The van der Waals surface area contributed by atoms with Crippen LogP contribution in [0.3, 0.4) is 0 Å². The average Bonchev–Trinajstić information content (AvgIpc) is 3.65. The molecule has 5 atom stereocenters. The number of carbonyl (C=O) groups is 1. The number of rotatable bonds is 7. The van der Waals surface area contributed by atoms with Gasteiger partial charge in [-0.1, -0.05) is 18.2 Å². The lowest BCUT2D eigenvalue weighted by Gasteiger charge is -2.33. The van der Waals surface area contributed by atoms with Crippen LogP contribution in [0.25, 0.3) is 11.1 Å². The summed E-state index contributed by atoms with van der Waals surface area (Å²) < 4.78 is 69.7. The van der Waals surface area contributed by atoms with Crippen LogP contribution in [0.5, 0.6) is 0 Å². The number of halogens is 3. The van der Waals surface area contributed by atoms with Crippen LogP contribution in [0.15, 0.2) is 36.4 Å². The number of aliphatic hydroxyl groups excluding tert-OH is 1.